The van der Waals surface area contributed by atoms with Crippen molar-refractivity contribution >= 4 is 0 Å². The molecular weight excluding hydrogens is 235 g/mol. The van der Waals surface area contributed by atoms with E-state index in [1.807, 2.05) is 0 Å². The Morgan fingerprint density at radius 2 is 2.11 bits per heavy atom. The molecule has 0 aliphatic heterocycles. The van der Waals surface area contributed by atoms with E-state index in [9.17, 15) is 14.3 Å². The third-order valence-corrected chi connectivity index (χ3v) is 3.07. The first-order valence-electron chi connectivity index (χ1n) is 5.73. The minimum Gasteiger partial charge on any atom is -0.507 e. The average Bonchev–Trinajstić information content (AvgIpc) is 3.16. The van der Waals surface area contributed by atoms with Crippen molar-refractivity contribution < 1.29 is 9.50 Å². The molecule has 0 amide bonds. The molecule has 2 N–H and O–H groups in total. The first-order chi connectivity index (χ1) is 8.65. The van der Waals surface area contributed by atoms with Gasteiger partial charge in [-0.15, -0.1) is 0 Å². The van der Waals surface area contributed by atoms with Gasteiger partial charge in [-0.05, 0) is 42.5 Å². The van der Waals surface area contributed by atoms with Crippen LogP contribution in [0.2, 0.25) is 0 Å². The molecule has 18 heavy (non-hydrogen) atoms. The molecule has 0 spiro atoms. The Hall–Kier alpha value is -2.17. The van der Waals surface area contributed by atoms with Gasteiger partial charge in [0.2, 0.25) is 0 Å². The van der Waals surface area contributed by atoms with Crippen LogP contribution in [0.15, 0.2) is 29.1 Å². The van der Waals surface area contributed by atoms with E-state index >= 15 is 0 Å². The Kier molecular flexibility index (Phi) is 2.40. The minimum atomic E-state index is -0.447. The van der Waals surface area contributed by atoms with Gasteiger partial charge >= 0.3 is 0 Å². The Morgan fingerprint density at radius 3 is 2.83 bits per heavy atom. The molecule has 92 valence electrons. The highest BCUT2D eigenvalue weighted by Gasteiger charge is 2.28. The van der Waals surface area contributed by atoms with Crippen molar-refractivity contribution in [3.8, 4) is 17.0 Å². The summed E-state index contributed by atoms with van der Waals surface area (Å²) in [4.78, 5) is 11.3. The van der Waals surface area contributed by atoms with Crippen LogP contribution in [0.4, 0.5) is 4.39 Å². The van der Waals surface area contributed by atoms with Gasteiger partial charge in [0.1, 0.15) is 11.6 Å². The zero-order chi connectivity index (χ0) is 12.7. The zero-order valence-electron chi connectivity index (χ0n) is 9.48. The SMILES string of the molecule is O=c1cc(C2CC2)c(-c2cc(F)ccc2O)n[nH]1. The van der Waals surface area contributed by atoms with E-state index in [0.717, 1.165) is 18.4 Å². The highest BCUT2D eigenvalue weighted by Crippen LogP contribution is 2.44. The molecule has 1 aromatic heterocycles. The molecule has 4 nitrogen and oxygen atoms in total. The average molecular weight is 246 g/mol. The Balaban J connectivity index is 2.21. The standard InChI is InChI=1S/C13H11FN2O2/c14-8-3-4-11(17)10(5-8)13-9(7-1-2-7)6-12(18)15-16-13/h3-7,17H,1-2H2,(H,15,18). The molecule has 0 unspecified atom stereocenters. The van der Waals surface area contributed by atoms with Crippen molar-refractivity contribution in [2.45, 2.75) is 18.8 Å². The molecule has 1 heterocycles. The van der Waals surface area contributed by atoms with E-state index in [-0.39, 0.29) is 17.2 Å². The fourth-order valence-corrected chi connectivity index (χ4v) is 2.04. The predicted octanol–water partition coefficient (Wildman–Crippen LogP) is 2.16. The van der Waals surface area contributed by atoms with Gasteiger partial charge in [-0.1, -0.05) is 0 Å². The Morgan fingerprint density at radius 1 is 1.33 bits per heavy atom. The van der Waals surface area contributed by atoms with Crippen LogP contribution in [0.5, 0.6) is 5.75 Å². The number of nitrogens with zero attached hydrogens (tertiary/aromatic N) is 1. The Labute approximate surface area is 102 Å². The molecule has 1 saturated carbocycles. The van der Waals surface area contributed by atoms with Crippen molar-refractivity contribution in [2.75, 3.05) is 0 Å². The van der Waals surface area contributed by atoms with Gasteiger partial charge in [0.25, 0.3) is 5.56 Å². The fraction of sp³-hybridized carbons (Fsp3) is 0.231. The molecule has 3 rings (SSSR count). The van der Waals surface area contributed by atoms with E-state index in [0.29, 0.717) is 11.3 Å². The highest BCUT2D eigenvalue weighted by molar-refractivity contribution is 5.70. The molecule has 0 saturated heterocycles. The maximum atomic E-state index is 13.2. The second kappa shape index (κ2) is 3.94. The maximum absolute atomic E-state index is 13.2. The molecule has 1 aliphatic carbocycles. The third kappa shape index (κ3) is 1.88. The number of phenols is 1. The van der Waals surface area contributed by atoms with Crippen LogP contribution in [0.25, 0.3) is 11.3 Å². The van der Waals surface area contributed by atoms with Crippen LogP contribution in [0, 0.1) is 5.82 Å². The van der Waals surface area contributed by atoms with E-state index in [4.69, 9.17) is 0 Å². The van der Waals surface area contributed by atoms with Crippen LogP contribution in [-0.4, -0.2) is 15.3 Å². The lowest BCUT2D eigenvalue weighted by Gasteiger charge is -2.08. The quantitative estimate of drug-likeness (QED) is 0.853. The van der Waals surface area contributed by atoms with Crippen molar-refractivity contribution in [3.05, 3.63) is 46.0 Å². The zero-order valence-corrected chi connectivity index (χ0v) is 9.48. The van der Waals surface area contributed by atoms with Crippen LogP contribution in [0.3, 0.4) is 0 Å². The van der Waals surface area contributed by atoms with Crippen molar-refractivity contribution in [2.24, 2.45) is 0 Å². The van der Waals surface area contributed by atoms with Gasteiger partial charge in [0.15, 0.2) is 0 Å². The molecule has 0 atom stereocenters. The summed E-state index contributed by atoms with van der Waals surface area (Å²) < 4.78 is 13.2. The summed E-state index contributed by atoms with van der Waals surface area (Å²) in [6.07, 6.45) is 1.99. The first kappa shape index (κ1) is 11.0. The van der Waals surface area contributed by atoms with Gasteiger partial charge in [-0.2, -0.15) is 5.10 Å². The highest BCUT2D eigenvalue weighted by atomic mass is 19.1. The second-order valence-electron chi connectivity index (χ2n) is 4.47. The molecule has 1 aliphatic rings. The van der Waals surface area contributed by atoms with E-state index in [2.05, 4.69) is 10.2 Å². The van der Waals surface area contributed by atoms with E-state index in [1.54, 1.807) is 0 Å². The van der Waals surface area contributed by atoms with Gasteiger partial charge in [-0.3, -0.25) is 4.79 Å². The maximum Gasteiger partial charge on any atom is 0.264 e. The molecule has 5 heteroatoms. The van der Waals surface area contributed by atoms with Crippen LogP contribution < -0.4 is 5.56 Å². The van der Waals surface area contributed by atoms with Crippen LogP contribution in [-0.2, 0) is 0 Å². The second-order valence-corrected chi connectivity index (χ2v) is 4.47. The summed E-state index contributed by atoms with van der Waals surface area (Å²) in [6.45, 7) is 0. The topological polar surface area (TPSA) is 66.0 Å². The third-order valence-electron chi connectivity index (χ3n) is 3.07. The predicted molar refractivity (Wildman–Crippen MR) is 63.9 cm³/mol. The molecule has 1 aromatic carbocycles. The van der Waals surface area contributed by atoms with Gasteiger partial charge < -0.3 is 5.11 Å². The molecule has 2 aromatic rings. The van der Waals surface area contributed by atoms with Gasteiger partial charge in [0.05, 0.1) is 5.69 Å². The van der Waals surface area contributed by atoms with Gasteiger partial charge in [-0.25, -0.2) is 9.49 Å². The summed E-state index contributed by atoms with van der Waals surface area (Å²) in [5.74, 6) is -0.201. The summed E-state index contributed by atoms with van der Waals surface area (Å²) in [5, 5.41) is 16.1. The van der Waals surface area contributed by atoms with Gasteiger partial charge in [0, 0.05) is 11.6 Å². The number of halogens is 1. The minimum absolute atomic E-state index is 0.0437. The number of rotatable bonds is 2. The smallest absolute Gasteiger partial charge is 0.264 e. The first-order valence-corrected chi connectivity index (χ1v) is 5.73. The lowest BCUT2D eigenvalue weighted by atomic mass is 10.0. The van der Waals surface area contributed by atoms with Crippen molar-refractivity contribution in [3.63, 3.8) is 0 Å². The van der Waals surface area contributed by atoms with Crippen LogP contribution in [0.1, 0.15) is 24.3 Å². The summed E-state index contributed by atoms with van der Waals surface area (Å²) in [7, 11) is 0. The lowest BCUT2D eigenvalue weighted by Crippen LogP contribution is -2.10. The monoisotopic (exact) mass is 246 g/mol. The van der Waals surface area contributed by atoms with Crippen molar-refractivity contribution in [1.82, 2.24) is 10.2 Å². The van der Waals surface area contributed by atoms with E-state index < -0.39 is 5.82 Å². The molecule has 0 bridgehead atoms. The fourth-order valence-electron chi connectivity index (χ4n) is 2.04. The number of benzene rings is 1. The number of nitrogens with one attached hydrogen (secondary N) is 1. The normalized spacial score (nSPS) is 14.7. The largest absolute Gasteiger partial charge is 0.507 e. The van der Waals surface area contributed by atoms with E-state index in [1.165, 1.54) is 24.3 Å². The number of aromatic nitrogens is 2. The van der Waals surface area contributed by atoms with Crippen molar-refractivity contribution in [1.29, 1.82) is 0 Å². The number of phenolic OH excluding ortho intramolecular Hbond substituents is 1. The van der Waals surface area contributed by atoms with Crippen LogP contribution >= 0.6 is 0 Å². The number of H-pyrrole nitrogens is 1. The number of aromatic hydroxyl groups is 1. The number of aromatic amines is 1. The Bertz CT molecular complexity index is 662. The lowest BCUT2D eigenvalue weighted by molar-refractivity contribution is 0.475. The molecular formula is C13H11FN2O2. The summed E-state index contributed by atoms with van der Waals surface area (Å²) >= 11 is 0. The summed E-state index contributed by atoms with van der Waals surface area (Å²) in [5.41, 5.74) is 1.26. The summed E-state index contributed by atoms with van der Waals surface area (Å²) in [6, 6.07) is 5.17. The molecule has 1 fully saturated rings. The molecule has 0 radical (unpaired) electrons. The number of hydrogen-bond donors (Lipinski definition) is 2. The number of hydrogen-bond acceptors (Lipinski definition) is 3.